The van der Waals surface area contributed by atoms with E-state index >= 15 is 0 Å². The number of aliphatic hydroxyl groups excluding tert-OH is 1. The van der Waals surface area contributed by atoms with Gasteiger partial charge in [-0.25, -0.2) is 0 Å². The molecule has 0 spiro atoms. The molecule has 1 aliphatic heterocycles. The van der Waals surface area contributed by atoms with E-state index in [2.05, 4.69) is 0 Å². The number of hydrogen-bond donors (Lipinski definition) is 1. The highest BCUT2D eigenvalue weighted by atomic mass is 35.5. The highest BCUT2D eigenvalue weighted by Gasteiger charge is 2.50. The van der Waals surface area contributed by atoms with Crippen molar-refractivity contribution in [3.63, 3.8) is 0 Å². The number of halogens is 1. The van der Waals surface area contributed by atoms with Gasteiger partial charge in [0, 0.05) is 11.6 Å². The lowest BCUT2D eigenvalue weighted by Crippen LogP contribution is -2.37. The Morgan fingerprint density at radius 1 is 1.25 bits per heavy atom. The van der Waals surface area contributed by atoms with Gasteiger partial charge in [-0.05, 0) is 43.2 Å². The third-order valence-electron chi connectivity index (χ3n) is 5.44. The molecule has 1 saturated heterocycles. The van der Waals surface area contributed by atoms with Gasteiger partial charge >= 0.3 is 0 Å². The van der Waals surface area contributed by atoms with E-state index in [1.165, 1.54) is 13.4 Å². The van der Waals surface area contributed by atoms with Gasteiger partial charge in [0.15, 0.2) is 0 Å². The number of furan rings is 1. The van der Waals surface area contributed by atoms with Crippen molar-refractivity contribution in [3.8, 4) is 5.75 Å². The SMILES string of the molecule is COc1cc(/C(O)=C2/C(=O)C(=O)N(C3CCCC3)C2c2ccco2)ccc1Cl. The summed E-state index contributed by atoms with van der Waals surface area (Å²) in [5.74, 6) is -0.760. The molecular weight excluding hydrogens is 382 g/mol. The largest absolute Gasteiger partial charge is 0.507 e. The van der Waals surface area contributed by atoms with Crippen molar-refractivity contribution < 1.29 is 23.8 Å². The summed E-state index contributed by atoms with van der Waals surface area (Å²) in [4.78, 5) is 27.3. The van der Waals surface area contributed by atoms with Gasteiger partial charge in [0.25, 0.3) is 11.7 Å². The number of rotatable bonds is 4. The molecule has 1 unspecified atom stereocenters. The lowest BCUT2D eigenvalue weighted by molar-refractivity contribution is -0.141. The summed E-state index contributed by atoms with van der Waals surface area (Å²) in [6.45, 7) is 0. The van der Waals surface area contributed by atoms with Gasteiger partial charge in [-0.1, -0.05) is 24.4 Å². The monoisotopic (exact) mass is 401 g/mol. The Hall–Kier alpha value is -2.73. The number of benzene rings is 1. The molecule has 1 aromatic heterocycles. The minimum atomic E-state index is -0.750. The van der Waals surface area contributed by atoms with Crippen molar-refractivity contribution in [1.29, 1.82) is 0 Å². The first-order valence-electron chi connectivity index (χ1n) is 9.20. The Labute approximate surface area is 167 Å². The van der Waals surface area contributed by atoms with E-state index in [9.17, 15) is 14.7 Å². The summed E-state index contributed by atoms with van der Waals surface area (Å²) >= 11 is 6.06. The molecule has 1 aromatic carbocycles. The van der Waals surface area contributed by atoms with Gasteiger partial charge in [0.05, 0.1) is 24.0 Å². The van der Waals surface area contributed by atoms with Crippen molar-refractivity contribution in [2.45, 2.75) is 37.8 Å². The van der Waals surface area contributed by atoms with Crippen LogP contribution in [0, 0.1) is 0 Å². The molecule has 1 aliphatic carbocycles. The van der Waals surface area contributed by atoms with Gasteiger partial charge in [-0.2, -0.15) is 0 Å². The van der Waals surface area contributed by atoms with Crippen molar-refractivity contribution in [2.75, 3.05) is 7.11 Å². The summed E-state index contributed by atoms with van der Waals surface area (Å²) in [6.07, 6.45) is 5.17. The molecule has 7 heteroatoms. The zero-order chi connectivity index (χ0) is 19.8. The molecule has 2 fully saturated rings. The molecule has 146 valence electrons. The van der Waals surface area contributed by atoms with Gasteiger partial charge < -0.3 is 19.2 Å². The van der Waals surface area contributed by atoms with Crippen LogP contribution in [0.1, 0.15) is 43.0 Å². The summed E-state index contributed by atoms with van der Waals surface area (Å²) in [5, 5.41) is 11.4. The van der Waals surface area contributed by atoms with Crippen LogP contribution in [-0.4, -0.2) is 34.8 Å². The van der Waals surface area contributed by atoms with Crippen molar-refractivity contribution >= 4 is 29.1 Å². The van der Waals surface area contributed by atoms with Crippen LogP contribution in [0.15, 0.2) is 46.6 Å². The lowest BCUT2D eigenvalue weighted by Gasteiger charge is -2.29. The highest BCUT2D eigenvalue weighted by molar-refractivity contribution is 6.46. The summed E-state index contributed by atoms with van der Waals surface area (Å²) < 4.78 is 10.7. The zero-order valence-corrected chi connectivity index (χ0v) is 16.1. The van der Waals surface area contributed by atoms with E-state index in [1.54, 1.807) is 35.2 Å². The van der Waals surface area contributed by atoms with E-state index in [0.29, 0.717) is 22.1 Å². The van der Waals surface area contributed by atoms with Gasteiger partial charge in [-0.3, -0.25) is 9.59 Å². The zero-order valence-electron chi connectivity index (χ0n) is 15.4. The minimum absolute atomic E-state index is 0.0243. The number of ether oxygens (including phenoxy) is 1. The number of aliphatic hydroxyl groups is 1. The van der Waals surface area contributed by atoms with Crippen LogP contribution in [0.5, 0.6) is 5.75 Å². The van der Waals surface area contributed by atoms with Crippen molar-refractivity contribution in [2.24, 2.45) is 0 Å². The fraction of sp³-hybridized carbons (Fsp3) is 0.333. The third kappa shape index (κ3) is 2.98. The van der Waals surface area contributed by atoms with Gasteiger partial charge in [0.2, 0.25) is 0 Å². The minimum Gasteiger partial charge on any atom is -0.507 e. The second-order valence-corrected chi connectivity index (χ2v) is 7.42. The Morgan fingerprint density at radius 3 is 2.64 bits per heavy atom. The summed E-state index contributed by atoms with van der Waals surface area (Å²) in [5.41, 5.74) is 0.374. The number of amides is 1. The molecule has 0 radical (unpaired) electrons. The van der Waals surface area contributed by atoms with Crippen LogP contribution in [0.25, 0.3) is 5.76 Å². The number of Topliss-reactive ketones (excluding diaryl/α,β-unsaturated/α-hetero) is 1. The molecule has 6 nitrogen and oxygen atoms in total. The molecule has 1 amide bonds. The van der Waals surface area contributed by atoms with Gasteiger partial charge in [0.1, 0.15) is 23.3 Å². The van der Waals surface area contributed by atoms with Crippen LogP contribution in [-0.2, 0) is 9.59 Å². The maximum atomic E-state index is 12.9. The number of methoxy groups -OCH3 is 1. The lowest BCUT2D eigenvalue weighted by atomic mass is 9.98. The molecule has 1 atom stereocenters. The second kappa shape index (κ2) is 7.36. The molecule has 0 bridgehead atoms. The molecule has 2 heterocycles. The normalized spacial score (nSPS) is 22.2. The van der Waals surface area contributed by atoms with Crippen LogP contribution >= 0.6 is 11.6 Å². The number of carbonyl (C=O) groups is 2. The fourth-order valence-corrected chi connectivity index (χ4v) is 4.29. The maximum absolute atomic E-state index is 12.9. The average molecular weight is 402 g/mol. The quantitative estimate of drug-likeness (QED) is 0.469. The van der Waals surface area contributed by atoms with Crippen LogP contribution < -0.4 is 4.74 Å². The topological polar surface area (TPSA) is 80.0 Å². The summed E-state index contributed by atoms with van der Waals surface area (Å²) in [6, 6.07) is 7.33. The van der Waals surface area contributed by atoms with E-state index in [1.807, 2.05) is 0 Å². The van der Waals surface area contributed by atoms with Gasteiger partial charge in [-0.15, -0.1) is 0 Å². The number of nitrogens with zero attached hydrogens (tertiary/aromatic N) is 1. The van der Waals surface area contributed by atoms with Crippen LogP contribution in [0.4, 0.5) is 0 Å². The maximum Gasteiger partial charge on any atom is 0.296 e. The molecule has 4 rings (SSSR count). The first-order valence-corrected chi connectivity index (χ1v) is 9.58. The first-order chi connectivity index (χ1) is 13.5. The van der Waals surface area contributed by atoms with E-state index in [0.717, 1.165) is 25.7 Å². The number of ketones is 1. The standard InChI is InChI=1S/C21H20ClNO5/c1-27-16-11-12(8-9-14(16)22)19(24)17-18(15-7-4-10-28-15)23(21(26)20(17)25)13-5-2-3-6-13/h4,7-11,13,18,24H,2-3,5-6H2,1H3/b19-17-. The average Bonchev–Trinajstić information content (AvgIpc) is 3.44. The van der Waals surface area contributed by atoms with Crippen molar-refractivity contribution in [3.05, 3.63) is 58.5 Å². The molecule has 2 aliphatic rings. The molecule has 1 N–H and O–H groups in total. The Balaban J connectivity index is 1.86. The Kier molecular flexibility index (Phi) is 4.89. The van der Waals surface area contributed by atoms with Crippen LogP contribution in [0.3, 0.4) is 0 Å². The predicted molar refractivity (Wildman–Crippen MR) is 103 cm³/mol. The van der Waals surface area contributed by atoms with E-state index < -0.39 is 17.7 Å². The highest BCUT2D eigenvalue weighted by Crippen LogP contribution is 2.44. The smallest absolute Gasteiger partial charge is 0.296 e. The van der Waals surface area contributed by atoms with Crippen molar-refractivity contribution in [1.82, 2.24) is 4.90 Å². The first kappa shape index (κ1) is 18.6. The Bertz CT molecular complexity index is 944. The van der Waals surface area contributed by atoms with E-state index in [4.69, 9.17) is 20.8 Å². The number of carbonyl (C=O) groups excluding carboxylic acids is 2. The third-order valence-corrected chi connectivity index (χ3v) is 5.75. The molecule has 28 heavy (non-hydrogen) atoms. The van der Waals surface area contributed by atoms with E-state index in [-0.39, 0.29) is 17.4 Å². The predicted octanol–water partition coefficient (Wildman–Crippen LogP) is 4.31. The molecule has 2 aromatic rings. The molecular formula is C21H20ClNO5. The number of likely N-dealkylation sites (tertiary alicyclic amines) is 1. The Morgan fingerprint density at radius 2 is 2.00 bits per heavy atom. The van der Waals surface area contributed by atoms with Crippen LogP contribution in [0.2, 0.25) is 5.02 Å². The molecule has 1 saturated carbocycles. The second-order valence-electron chi connectivity index (χ2n) is 7.01. The fourth-order valence-electron chi connectivity index (χ4n) is 4.10. The number of hydrogen-bond acceptors (Lipinski definition) is 5. The summed E-state index contributed by atoms with van der Waals surface area (Å²) in [7, 11) is 1.47.